The molecule has 1 fully saturated rings. The summed E-state index contributed by atoms with van der Waals surface area (Å²) >= 11 is 1.80. The molecule has 92 valence electrons. The van der Waals surface area contributed by atoms with E-state index in [1.165, 1.54) is 22.7 Å². The van der Waals surface area contributed by atoms with Crippen molar-refractivity contribution in [3.63, 3.8) is 0 Å². The topological polar surface area (TPSA) is 24.9 Å². The van der Waals surface area contributed by atoms with Crippen molar-refractivity contribution in [2.24, 2.45) is 17.8 Å². The van der Waals surface area contributed by atoms with E-state index in [0.29, 0.717) is 6.04 Å². The Kier molecular flexibility index (Phi) is 3.05. The first-order chi connectivity index (χ1) is 8.22. The van der Waals surface area contributed by atoms with Crippen LogP contribution in [0, 0.1) is 24.7 Å². The quantitative estimate of drug-likeness (QED) is 0.828. The molecule has 3 rings (SSSR count). The van der Waals surface area contributed by atoms with Gasteiger partial charge in [0.1, 0.15) is 5.01 Å². The molecule has 0 radical (unpaired) electrons. The highest BCUT2D eigenvalue weighted by Gasteiger charge is 2.38. The maximum absolute atomic E-state index is 4.40. The third-order valence-electron chi connectivity index (χ3n) is 4.22. The lowest BCUT2D eigenvalue weighted by atomic mass is 9.87. The zero-order valence-electron chi connectivity index (χ0n) is 10.5. The molecule has 1 N–H and O–H groups in total. The number of aromatic nitrogens is 1. The number of thiazole rings is 1. The first kappa shape index (κ1) is 11.4. The number of allylic oxidation sites excluding steroid dienone is 2. The molecule has 1 aromatic rings. The van der Waals surface area contributed by atoms with Crippen molar-refractivity contribution >= 4 is 11.3 Å². The van der Waals surface area contributed by atoms with Crippen LogP contribution in [-0.4, -0.2) is 11.0 Å². The number of aryl methyl sites for hydroxylation is 1. The van der Waals surface area contributed by atoms with Gasteiger partial charge in [0.25, 0.3) is 0 Å². The fourth-order valence-electron chi connectivity index (χ4n) is 3.28. The Labute approximate surface area is 107 Å². The molecule has 17 heavy (non-hydrogen) atoms. The molecule has 1 heterocycles. The standard InChI is InChI=1S/C14H20N2S/c1-9-7-16-14(17-9)8-15-10(2)13-6-11-3-4-12(13)5-11/h3-4,7,10-13,15H,5-6,8H2,1-2H3. The van der Waals surface area contributed by atoms with Gasteiger partial charge < -0.3 is 5.32 Å². The molecule has 2 aliphatic rings. The van der Waals surface area contributed by atoms with Crippen molar-refractivity contribution in [2.45, 2.75) is 39.3 Å². The molecule has 2 nitrogen and oxygen atoms in total. The third-order valence-corrected chi connectivity index (χ3v) is 5.13. The zero-order valence-corrected chi connectivity index (χ0v) is 11.3. The van der Waals surface area contributed by atoms with Gasteiger partial charge in [0, 0.05) is 23.7 Å². The summed E-state index contributed by atoms with van der Waals surface area (Å²) in [4.78, 5) is 5.71. The molecule has 0 spiro atoms. The summed E-state index contributed by atoms with van der Waals surface area (Å²) in [6, 6.07) is 0.610. The predicted octanol–water partition coefficient (Wildman–Crippen LogP) is 3.14. The molecule has 2 bridgehead atoms. The summed E-state index contributed by atoms with van der Waals surface area (Å²) in [5.41, 5.74) is 0. The van der Waals surface area contributed by atoms with Gasteiger partial charge in [-0.05, 0) is 44.4 Å². The van der Waals surface area contributed by atoms with E-state index < -0.39 is 0 Å². The van der Waals surface area contributed by atoms with Crippen molar-refractivity contribution in [1.29, 1.82) is 0 Å². The minimum absolute atomic E-state index is 0.610. The van der Waals surface area contributed by atoms with Gasteiger partial charge in [-0.3, -0.25) is 0 Å². The molecular formula is C14H20N2S. The van der Waals surface area contributed by atoms with Gasteiger partial charge in [-0.25, -0.2) is 4.98 Å². The molecule has 0 aromatic carbocycles. The smallest absolute Gasteiger partial charge is 0.107 e. The van der Waals surface area contributed by atoms with Crippen LogP contribution in [-0.2, 0) is 6.54 Å². The fraction of sp³-hybridized carbons (Fsp3) is 0.643. The van der Waals surface area contributed by atoms with Gasteiger partial charge in [-0.1, -0.05) is 12.2 Å². The van der Waals surface area contributed by atoms with E-state index >= 15 is 0 Å². The van der Waals surface area contributed by atoms with Gasteiger partial charge in [0.15, 0.2) is 0 Å². The maximum atomic E-state index is 4.40. The molecule has 0 saturated heterocycles. The Morgan fingerprint density at radius 3 is 2.94 bits per heavy atom. The fourth-order valence-corrected chi connectivity index (χ4v) is 4.02. The monoisotopic (exact) mass is 248 g/mol. The molecule has 3 heteroatoms. The van der Waals surface area contributed by atoms with E-state index in [1.807, 2.05) is 6.20 Å². The van der Waals surface area contributed by atoms with Crippen LogP contribution in [0.25, 0.3) is 0 Å². The number of fused-ring (bicyclic) bond motifs is 2. The van der Waals surface area contributed by atoms with E-state index in [-0.39, 0.29) is 0 Å². The summed E-state index contributed by atoms with van der Waals surface area (Å²) in [6.45, 7) is 5.38. The Morgan fingerprint density at radius 2 is 2.35 bits per heavy atom. The number of rotatable bonds is 4. The number of hydrogen-bond donors (Lipinski definition) is 1. The van der Waals surface area contributed by atoms with Crippen molar-refractivity contribution in [3.8, 4) is 0 Å². The number of hydrogen-bond acceptors (Lipinski definition) is 3. The van der Waals surface area contributed by atoms with E-state index in [0.717, 1.165) is 24.3 Å². The molecular weight excluding hydrogens is 228 g/mol. The van der Waals surface area contributed by atoms with E-state index in [2.05, 4.69) is 36.3 Å². The van der Waals surface area contributed by atoms with E-state index in [1.54, 1.807) is 11.3 Å². The van der Waals surface area contributed by atoms with Crippen LogP contribution in [0.3, 0.4) is 0 Å². The molecule has 1 saturated carbocycles. The maximum Gasteiger partial charge on any atom is 0.107 e. The first-order valence-corrected chi connectivity index (χ1v) is 7.37. The summed E-state index contributed by atoms with van der Waals surface area (Å²) in [7, 11) is 0. The minimum Gasteiger partial charge on any atom is -0.308 e. The van der Waals surface area contributed by atoms with Gasteiger partial charge in [-0.2, -0.15) is 0 Å². The van der Waals surface area contributed by atoms with Crippen LogP contribution in [0.15, 0.2) is 18.3 Å². The Hall–Kier alpha value is -0.670. The lowest BCUT2D eigenvalue weighted by Crippen LogP contribution is -2.35. The Bertz CT molecular complexity index is 424. The van der Waals surface area contributed by atoms with E-state index in [4.69, 9.17) is 0 Å². The van der Waals surface area contributed by atoms with Crippen molar-refractivity contribution in [2.75, 3.05) is 0 Å². The second kappa shape index (κ2) is 4.54. The van der Waals surface area contributed by atoms with Crippen LogP contribution in [0.4, 0.5) is 0 Å². The van der Waals surface area contributed by atoms with Crippen molar-refractivity contribution in [1.82, 2.24) is 10.3 Å². The Morgan fingerprint density at radius 1 is 1.47 bits per heavy atom. The van der Waals surface area contributed by atoms with Crippen LogP contribution in [0.2, 0.25) is 0 Å². The second-order valence-corrected chi connectivity index (χ2v) is 6.80. The second-order valence-electron chi connectivity index (χ2n) is 5.48. The molecule has 0 amide bonds. The SMILES string of the molecule is Cc1cnc(CNC(C)C2CC3C=CC2C3)s1. The highest BCUT2D eigenvalue weighted by molar-refractivity contribution is 7.11. The van der Waals surface area contributed by atoms with Crippen LogP contribution >= 0.6 is 11.3 Å². The van der Waals surface area contributed by atoms with Crippen LogP contribution < -0.4 is 5.32 Å². The summed E-state index contributed by atoms with van der Waals surface area (Å²) in [6.07, 6.45) is 9.59. The lowest BCUT2D eigenvalue weighted by molar-refractivity contribution is 0.326. The molecule has 4 unspecified atom stereocenters. The third kappa shape index (κ3) is 2.31. The molecule has 1 aromatic heterocycles. The van der Waals surface area contributed by atoms with Crippen LogP contribution in [0.1, 0.15) is 29.7 Å². The van der Waals surface area contributed by atoms with Gasteiger partial charge in [0.05, 0.1) is 0 Å². The Balaban J connectivity index is 1.54. The summed E-state index contributed by atoms with van der Waals surface area (Å²) < 4.78 is 0. The van der Waals surface area contributed by atoms with Crippen LogP contribution in [0.5, 0.6) is 0 Å². The van der Waals surface area contributed by atoms with Crippen molar-refractivity contribution in [3.05, 3.63) is 28.2 Å². The largest absolute Gasteiger partial charge is 0.308 e. The summed E-state index contributed by atoms with van der Waals surface area (Å²) in [5, 5.41) is 4.87. The predicted molar refractivity (Wildman–Crippen MR) is 72.0 cm³/mol. The highest BCUT2D eigenvalue weighted by Crippen LogP contribution is 2.44. The van der Waals surface area contributed by atoms with Gasteiger partial charge in [0.2, 0.25) is 0 Å². The van der Waals surface area contributed by atoms with Gasteiger partial charge in [-0.15, -0.1) is 11.3 Å². The summed E-state index contributed by atoms with van der Waals surface area (Å²) in [5.74, 6) is 2.54. The zero-order chi connectivity index (χ0) is 11.8. The average Bonchev–Trinajstić information content (AvgIpc) is 3.01. The van der Waals surface area contributed by atoms with E-state index in [9.17, 15) is 0 Å². The normalized spacial score (nSPS) is 32.2. The minimum atomic E-state index is 0.610. The van der Waals surface area contributed by atoms with Gasteiger partial charge >= 0.3 is 0 Å². The molecule has 2 aliphatic carbocycles. The van der Waals surface area contributed by atoms with Crippen molar-refractivity contribution < 1.29 is 0 Å². The first-order valence-electron chi connectivity index (χ1n) is 6.55. The number of nitrogens with zero attached hydrogens (tertiary/aromatic N) is 1. The lowest BCUT2D eigenvalue weighted by Gasteiger charge is -2.26. The number of nitrogens with one attached hydrogen (secondary N) is 1. The highest BCUT2D eigenvalue weighted by atomic mass is 32.1. The molecule has 0 aliphatic heterocycles. The molecule has 4 atom stereocenters. The average molecular weight is 248 g/mol.